The molecule has 1 aliphatic heterocycles. The molecule has 0 unspecified atom stereocenters. The van der Waals surface area contributed by atoms with Crippen molar-refractivity contribution < 1.29 is 18.8 Å². The average molecular weight is 610 g/mol. The summed E-state index contributed by atoms with van der Waals surface area (Å²) in [7, 11) is 0. The van der Waals surface area contributed by atoms with Crippen LogP contribution in [0.1, 0.15) is 49.3 Å². The number of halogens is 1. The lowest BCUT2D eigenvalue weighted by atomic mass is 9.82. The number of ether oxygens (including phenoxy) is 2. The molecule has 1 atom stereocenters. The summed E-state index contributed by atoms with van der Waals surface area (Å²) >= 11 is 6.40. The second-order valence-corrected chi connectivity index (χ2v) is 11.3. The molecule has 2 aromatic heterocycles. The Morgan fingerprint density at radius 2 is 2.07 bits per heavy atom. The summed E-state index contributed by atoms with van der Waals surface area (Å²) in [5.41, 5.74) is 13.5. The fraction of sp³-hybridized carbons (Fsp3) is 0.448. The van der Waals surface area contributed by atoms with Gasteiger partial charge in [-0.1, -0.05) is 35.0 Å². The lowest BCUT2D eigenvalue weighted by Crippen LogP contribution is -2.48. The number of nitrogens with two attached hydrogens (primary N) is 2. The van der Waals surface area contributed by atoms with Gasteiger partial charge < -0.3 is 30.4 Å². The van der Waals surface area contributed by atoms with Crippen LogP contribution in [-0.4, -0.2) is 70.0 Å². The largest absolute Gasteiger partial charge is 0.411 e. The zero-order valence-electron chi connectivity index (χ0n) is 24.0. The van der Waals surface area contributed by atoms with Crippen molar-refractivity contribution in [1.29, 1.82) is 5.41 Å². The van der Waals surface area contributed by atoms with Crippen LogP contribution in [0.4, 0.5) is 16.3 Å². The maximum Gasteiger partial charge on any atom is 0.411 e. The number of hydrogen-bond donors (Lipinski definition) is 3. The quantitative estimate of drug-likeness (QED) is 0.178. The van der Waals surface area contributed by atoms with E-state index in [0.717, 1.165) is 25.7 Å². The fourth-order valence-corrected chi connectivity index (χ4v) is 5.90. The van der Waals surface area contributed by atoms with Crippen LogP contribution >= 0.6 is 11.6 Å². The third kappa shape index (κ3) is 7.29. The Kier molecular flexibility index (Phi) is 9.53. The third-order valence-corrected chi connectivity index (χ3v) is 8.09. The van der Waals surface area contributed by atoms with Gasteiger partial charge in [-0.3, -0.25) is 10.3 Å². The van der Waals surface area contributed by atoms with Crippen LogP contribution in [0.2, 0.25) is 5.02 Å². The minimum absolute atomic E-state index is 0.121. The molecule has 1 saturated carbocycles. The summed E-state index contributed by atoms with van der Waals surface area (Å²) in [6.07, 6.45) is 5.10. The number of carbonyl (C=O) groups is 1. The van der Waals surface area contributed by atoms with Gasteiger partial charge in [-0.25, -0.2) is 14.8 Å². The third-order valence-electron chi connectivity index (χ3n) is 7.85. The van der Waals surface area contributed by atoms with Gasteiger partial charge in [0.1, 0.15) is 17.4 Å². The van der Waals surface area contributed by atoms with Gasteiger partial charge in [0.05, 0.1) is 19.9 Å². The molecular formula is C29H36ClN9O4. The number of benzene rings is 1. The van der Waals surface area contributed by atoms with Crippen LogP contribution in [-0.2, 0) is 9.47 Å². The number of amides is 1. The predicted octanol–water partition coefficient (Wildman–Crippen LogP) is 4.32. The van der Waals surface area contributed by atoms with Crippen LogP contribution in [0.15, 0.2) is 41.4 Å². The summed E-state index contributed by atoms with van der Waals surface area (Å²) in [6, 6.07) is 6.92. The van der Waals surface area contributed by atoms with Crippen molar-refractivity contribution in [3.05, 3.63) is 59.5 Å². The number of nitrogen functional groups attached to an aromatic ring is 1. The Balaban J connectivity index is 1.58. The number of carbonyl (C=O) groups excluding carboxylic acids is 1. The molecule has 5 rings (SSSR count). The van der Waals surface area contributed by atoms with Gasteiger partial charge in [0.25, 0.3) is 5.90 Å². The van der Waals surface area contributed by atoms with E-state index < -0.39 is 12.0 Å². The van der Waals surface area contributed by atoms with Crippen LogP contribution in [0.25, 0.3) is 11.3 Å². The minimum Gasteiger partial charge on any atom is -0.388 e. The summed E-state index contributed by atoms with van der Waals surface area (Å²) < 4.78 is 16.1. The van der Waals surface area contributed by atoms with Crippen molar-refractivity contribution in [2.75, 3.05) is 43.6 Å². The number of aryl methyl sites for hydroxylation is 1. The Morgan fingerprint density at radius 1 is 1.28 bits per heavy atom. The zero-order valence-corrected chi connectivity index (χ0v) is 24.8. The van der Waals surface area contributed by atoms with Crippen molar-refractivity contribution >= 4 is 35.1 Å². The molecular weight excluding hydrogens is 574 g/mol. The predicted molar refractivity (Wildman–Crippen MR) is 162 cm³/mol. The first kappa shape index (κ1) is 30.4. The highest BCUT2D eigenvalue weighted by Gasteiger charge is 2.34. The van der Waals surface area contributed by atoms with Crippen molar-refractivity contribution in [2.45, 2.75) is 38.6 Å². The Bertz CT molecular complexity index is 1470. The number of rotatable bonds is 9. The maximum absolute atomic E-state index is 11.4. The van der Waals surface area contributed by atoms with Crippen molar-refractivity contribution in [3.8, 4) is 11.3 Å². The SMILES string of the molecule is C=C[C@H]1CC[C@H](CN(CN2CCOC[C@H]2c2nc(C)no2)c2c(N)nc(C(=N)OC(N)=O)nc2-c2cccc(Cl)c2)CC1. The molecule has 0 spiro atoms. The van der Waals surface area contributed by atoms with E-state index in [1.54, 1.807) is 19.1 Å². The first-order chi connectivity index (χ1) is 20.7. The number of nitrogens with zero attached hydrogens (tertiary/aromatic N) is 6. The molecule has 3 aromatic rings. The van der Waals surface area contributed by atoms with Crippen LogP contribution < -0.4 is 16.4 Å². The van der Waals surface area contributed by atoms with Gasteiger partial charge >= 0.3 is 6.09 Å². The second kappa shape index (κ2) is 13.5. The molecule has 43 heavy (non-hydrogen) atoms. The minimum atomic E-state index is -1.15. The molecule has 1 saturated heterocycles. The first-order valence-corrected chi connectivity index (χ1v) is 14.6. The van der Waals surface area contributed by atoms with Crippen LogP contribution in [0.3, 0.4) is 0 Å². The standard InChI is InChI=1S/C29H36ClN9O4/c1-3-18-7-9-19(10-8-18)14-39(16-38-11-12-41-15-22(38)28-34-17(2)37-43-28)24-23(20-5-4-6-21(30)13-20)35-27(36-25(24)31)26(32)42-29(33)40/h3-6,13,18-19,22,32H,1,7-12,14-16H2,2H3,(H2,33,40)(H2,31,35,36)/t18-,19-,22-/m0/s1. The number of anilines is 2. The van der Waals surface area contributed by atoms with Gasteiger partial charge in [-0.2, -0.15) is 4.98 Å². The van der Waals surface area contributed by atoms with E-state index >= 15 is 0 Å². The normalized spacial score (nSPS) is 20.8. The molecule has 0 bridgehead atoms. The highest BCUT2D eigenvalue weighted by atomic mass is 35.5. The lowest BCUT2D eigenvalue weighted by molar-refractivity contribution is -0.0200. The molecule has 5 N–H and O–H groups in total. The van der Waals surface area contributed by atoms with E-state index in [1.807, 2.05) is 18.2 Å². The summed E-state index contributed by atoms with van der Waals surface area (Å²) in [6.45, 7) is 8.43. The van der Waals surface area contributed by atoms with Gasteiger partial charge in [0, 0.05) is 23.7 Å². The highest BCUT2D eigenvalue weighted by molar-refractivity contribution is 6.30. The highest BCUT2D eigenvalue weighted by Crippen LogP contribution is 2.38. The van der Waals surface area contributed by atoms with Crippen LogP contribution in [0, 0.1) is 24.2 Å². The van der Waals surface area contributed by atoms with Gasteiger partial charge in [-0.15, -0.1) is 6.58 Å². The zero-order chi connectivity index (χ0) is 30.5. The topological polar surface area (TPSA) is 183 Å². The Hall–Kier alpha value is -4.07. The maximum atomic E-state index is 11.4. The monoisotopic (exact) mass is 609 g/mol. The number of allylic oxidation sites excluding steroid dienone is 1. The smallest absolute Gasteiger partial charge is 0.388 e. The van der Waals surface area contributed by atoms with Crippen molar-refractivity contribution in [2.24, 2.45) is 17.6 Å². The van der Waals surface area contributed by atoms with E-state index in [4.69, 9.17) is 42.5 Å². The molecule has 2 aliphatic rings. The number of primary amides is 1. The van der Waals surface area contributed by atoms with E-state index in [0.29, 0.717) is 78.5 Å². The molecule has 13 nitrogen and oxygen atoms in total. The molecule has 228 valence electrons. The van der Waals surface area contributed by atoms with Gasteiger partial charge in [0.15, 0.2) is 11.6 Å². The first-order valence-electron chi connectivity index (χ1n) is 14.2. The number of morpholine rings is 1. The molecule has 0 radical (unpaired) electrons. The van der Waals surface area contributed by atoms with Crippen molar-refractivity contribution in [3.63, 3.8) is 0 Å². The molecule has 14 heteroatoms. The number of hydrogen-bond acceptors (Lipinski definition) is 12. The Labute approximate surface area is 254 Å². The van der Waals surface area contributed by atoms with Gasteiger partial charge in [-0.05, 0) is 56.6 Å². The van der Waals surface area contributed by atoms with Crippen molar-refractivity contribution in [1.82, 2.24) is 25.0 Å². The summed E-state index contributed by atoms with van der Waals surface area (Å²) in [4.78, 5) is 29.3. The van der Waals surface area contributed by atoms with E-state index in [1.165, 1.54) is 0 Å². The summed E-state index contributed by atoms with van der Waals surface area (Å²) in [5, 5.41) is 12.7. The molecule has 1 aliphatic carbocycles. The summed E-state index contributed by atoms with van der Waals surface area (Å²) in [5.74, 6) is 1.26. The average Bonchev–Trinajstić information content (AvgIpc) is 3.42. The number of aromatic nitrogens is 4. The Morgan fingerprint density at radius 3 is 2.74 bits per heavy atom. The van der Waals surface area contributed by atoms with Gasteiger partial charge in [0.2, 0.25) is 11.7 Å². The van der Waals surface area contributed by atoms with Crippen LogP contribution in [0.5, 0.6) is 0 Å². The van der Waals surface area contributed by atoms with E-state index in [-0.39, 0.29) is 17.7 Å². The number of nitrogens with one attached hydrogen (secondary N) is 1. The fourth-order valence-electron chi connectivity index (χ4n) is 5.71. The molecule has 2 fully saturated rings. The second-order valence-electron chi connectivity index (χ2n) is 10.9. The molecule has 1 amide bonds. The van der Waals surface area contributed by atoms with E-state index in [2.05, 4.69) is 36.5 Å². The molecule has 3 heterocycles. The molecule has 1 aromatic carbocycles. The lowest BCUT2D eigenvalue weighted by Gasteiger charge is -2.40. The van der Waals surface area contributed by atoms with E-state index in [9.17, 15) is 4.79 Å².